The molecule has 0 fully saturated rings. The van der Waals surface area contributed by atoms with E-state index in [1.165, 1.54) is 0 Å². The standard InChI is InChI=1S/C8H9NO4S/c10-6-13-7-14(11,12)9-8-4-2-1-3-5-8/h1-6,9H,7H2. The molecule has 76 valence electrons. The van der Waals surface area contributed by atoms with E-state index in [2.05, 4.69) is 9.46 Å². The number of hydrogen-bond acceptors (Lipinski definition) is 4. The molecule has 0 aromatic heterocycles. The zero-order valence-electron chi connectivity index (χ0n) is 7.21. The number of hydrogen-bond donors (Lipinski definition) is 1. The average molecular weight is 215 g/mol. The van der Waals surface area contributed by atoms with E-state index in [0.717, 1.165) is 0 Å². The number of anilines is 1. The van der Waals surface area contributed by atoms with Gasteiger partial charge in [-0.1, -0.05) is 18.2 Å². The predicted octanol–water partition coefficient (Wildman–Crippen LogP) is 0.559. The highest BCUT2D eigenvalue weighted by Gasteiger charge is 2.09. The van der Waals surface area contributed by atoms with Gasteiger partial charge in [0.25, 0.3) is 16.5 Å². The van der Waals surface area contributed by atoms with Crippen LogP contribution in [0.15, 0.2) is 30.3 Å². The molecular weight excluding hydrogens is 206 g/mol. The highest BCUT2D eigenvalue weighted by molar-refractivity contribution is 7.92. The molecular formula is C8H9NO4S. The van der Waals surface area contributed by atoms with Gasteiger partial charge in [0, 0.05) is 5.69 Å². The number of ether oxygens (including phenoxy) is 1. The molecule has 1 aromatic carbocycles. The fourth-order valence-corrected chi connectivity index (χ4v) is 1.62. The highest BCUT2D eigenvalue weighted by Crippen LogP contribution is 2.07. The van der Waals surface area contributed by atoms with Crippen LogP contribution in [0.4, 0.5) is 5.69 Å². The fraction of sp³-hybridized carbons (Fsp3) is 0.125. The van der Waals surface area contributed by atoms with E-state index < -0.39 is 16.0 Å². The Morgan fingerprint density at radius 3 is 2.50 bits per heavy atom. The molecule has 0 amide bonds. The number of carbonyl (C=O) groups excluding carboxylic acids is 1. The molecule has 6 heteroatoms. The number of para-hydroxylation sites is 1. The van der Waals surface area contributed by atoms with Gasteiger partial charge in [-0.15, -0.1) is 0 Å². The molecule has 0 saturated carbocycles. The summed E-state index contributed by atoms with van der Waals surface area (Å²) in [5, 5.41) is 0. The third-order valence-electron chi connectivity index (χ3n) is 1.34. The van der Waals surface area contributed by atoms with E-state index >= 15 is 0 Å². The Balaban J connectivity index is 2.64. The minimum absolute atomic E-state index is 0.0875. The number of benzene rings is 1. The van der Waals surface area contributed by atoms with Crippen LogP contribution >= 0.6 is 0 Å². The van der Waals surface area contributed by atoms with Crippen LogP contribution in [-0.2, 0) is 19.6 Å². The fourth-order valence-electron chi connectivity index (χ4n) is 0.833. The van der Waals surface area contributed by atoms with Crippen LogP contribution in [0.1, 0.15) is 0 Å². The molecule has 0 spiro atoms. The van der Waals surface area contributed by atoms with Gasteiger partial charge >= 0.3 is 0 Å². The summed E-state index contributed by atoms with van der Waals surface area (Å²) in [6, 6.07) is 8.34. The summed E-state index contributed by atoms with van der Waals surface area (Å²) in [5.41, 5.74) is 0.432. The lowest BCUT2D eigenvalue weighted by Crippen LogP contribution is -2.18. The molecule has 0 aliphatic rings. The SMILES string of the molecule is O=COCS(=O)(=O)Nc1ccccc1. The minimum Gasteiger partial charge on any atom is -0.449 e. The number of nitrogens with one attached hydrogen (secondary N) is 1. The van der Waals surface area contributed by atoms with Gasteiger partial charge in [0.2, 0.25) is 5.94 Å². The lowest BCUT2D eigenvalue weighted by molar-refractivity contribution is -0.126. The third kappa shape index (κ3) is 3.44. The predicted molar refractivity (Wildman–Crippen MR) is 51.0 cm³/mol. The van der Waals surface area contributed by atoms with Gasteiger partial charge in [-0.2, -0.15) is 0 Å². The molecule has 0 heterocycles. The molecule has 1 rings (SSSR count). The monoisotopic (exact) mass is 215 g/mol. The average Bonchev–Trinajstić information content (AvgIpc) is 2.16. The number of carbonyl (C=O) groups is 1. The first-order chi connectivity index (χ1) is 6.64. The molecule has 0 atom stereocenters. The van der Waals surface area contributed by atoms with Crippen molar-refractivity contribution in [2.45, 2.75) is 0 Å². The van der Waals surface area contributed by atoms with Crippen molar-refractivity contribution in [1.29, 1.82) is 0 Å². The molecule has 0 unspecified atom stereocenters. The lowest BCUT2D eigenvalue weighted by atomic mass is 10.3. The second kappa shape index (κ2) is 4.61. The molecule has 14 heavy (non-hydrogen) atoms. The van der Waals surface area contributed by atoms with Crippen molar-refractivity contribution in [3.8, 4) is 0 Å². The maximum Gasteiger partial charge on any atom is 0.294 e. The maximum absolute atomic E-state index is 11.2. The van der Waals surface area contributed by atoms with Crippen LogP contribution < -0.4 is 4.72 Å². The smallest absolute Gasteiger partial charge is 0.294 e. The van der Waals surface area contributed by atoms with Gasteiger partial charge in [-0.25, -0.2) is 8.42 Å². The molecule has 0 aliphatic carbocycles. The highest BCUT2D eigenvalue weighted by atomic mass is 32.2. The van der Waals surface area contributed by atoms with Gasteiger partial charge < -0.3 is 4.74 Å². The van der Waals surface area contributed by atoms with E-state index in [4.69, 9.17) is 0 Å². The summed E-state index contributed by atoms with van der Waals surface area (Å²) in [7, 11) is -3.60. The Kier molecular flexibility index (Phi) is 3.47. The quantitative estimate of drug-likeness (QED) is 0.728. The van der Waals surface area contributed by atoms with Gasteiger partial charge in [-0.3, -0.25) is 9.52 Å². The van der Waals surface area contributed by atoms with E-state index in [-0.39, 0.29) is 6.47 Å². The first kappa shape index (κ1) is 10.5. The third-order valence-corrected chi connectivity index (χ3v) is 2.33. The van der Waals surface area contributed by atoms with Crippen molar-refractivity contribution in [3.05, 3.63) is 30.3 Å². The Labute approximate surface area is 81.7 Å². The van der Waals surface area contributed by atoms with Gasteiger partial charge in [0.15, 0.2) is 0 Å². The molecule has 0 radical (unpaired) electrons. The summed E-state index contributed by atoms with van der Waals surface area (Å²) in [4.78, 5) is 9.79. The molecule has 1 aromatic rings. The normalized spacial score (nSPS) is 10.6. The van der Waals surface area contributed by atoms with E-state index in [1.807, 2.05) is 0 Å². The number of rotatable bonds is 5. The topological polar surface area (TPSA) is 72.5 Å². The van der Waals surface area contributed by atoms with Crippen LogP contribution in [0.3, 0.4) is 0 Å². The Bertz CT molecular complexity index is 387. The van der Waals surface area contributed by atoms with Gasteiger partial charge in [0.05, 0.1) is 0 Å². The van der Waals surface area contributed by atoms with Crippen molar-refractivity contribution in [3.63, 3.8) is 0 Å². The molecule has 0 saturated heterocycles. The van der Waals surface area contributed by atoms with E-state index in [1.54, 1.807) is 30.3 Å². The number of sulfonamides is 1. The minimum atomic E-state index is -3.60. The largest absolute Gasteiger partial charge is 0.449 e. The molecule has 1 N–H and O–H groups in total. The molecule has 0 aliphatic heterocycles. The second-order valence-corrected chi connectivity index (χ2v) is 4.13. The lowest BCUT2D eigenvalue weighted by Gasteiger charge is -2.05. The Morgan fingerprint density at radius 1 is 1.29 bits per heavy atom. The van der Waals surface area contributed by atoms with E-state index in [0.29, 0.717) is 5.69 Å². The zero-order valence-corrected chi connectivity index (χ0v) is 8.03. The van der Waals surface area contributed by atoms with Crippen molar-refractivity contribution >= 4 is 22.2 Å². The van der Waals surface area contributed by atoms with Gasteiger partial charge in [-0.05, 0) is 12.1 Å². The second-order valence-electron chi connectivity index (χ2n) is 2.46. The van der Waals surface area contributed by atoms with Crippen molar-refractivity contribution in [2.75, 3.05) is 10.7 Å². The van der Waals surface area contributed by atoms with E-state index in [9.17, 15) is 13.2 Å². The summed E-state index contributed by atoms with van der Waals surface area (Å²) >= 11 is 0. The maximum atomic E-state index is 11.2. The van der Waals surface area contributed by atoms with Crippen LogP contribution in [0.25, 0.3) is 0 Å². The van der Waals surface area contributed by atoms with Crippen molar-refractivity contribution < 1.29 is 17.9 Å². The van der Waals surface area contributed by atoms with Crippen LogP contribution in [0, 0.1) is 0 Å². The Hall–Kier alpha value is -1.56. The summed E-state index contributed by atoms with van der Waals surface area (Å²) in [6.45, 7) is 0.0875. The zero-order chi connectivity index (χ0) is 10.4. The van der Waals surface area contributed by atoms with Crippen LogP contribution in [0.5, 0.6) is 0 Å². The van der Waals surface area contributed by atoms with Crippen molar-refractivity contribution in [1.82, 2.24) is 0 Å². The van der Waals surface area contributed by atoms with Crippen LogP contribution in [0.2, 0.25) is 0 Å². The Morgan fingerprint density at radius 2 is 1.93 bits per heavy atom. The summed E-state index contributed by atoms with van der Waals surface area (Å²) < 4.78 is 28.7. The first-order valence-electron chi connectivity index (χ1n) is 3.75. The van der Waals surface area contributed by atoms with Gasteiger partial charge in [0.1, 0.15) is 0 Å². The van der Waals surface area contributed by atoms with Crippen LogP contribution in [-0.4, -0.2) is 20.8 Å². The summed E-state index contributed by atoms with van der Waals surface area (Å²) in [5.74, 6) is -0.675. The first-order valence-corrected chi connectivity index (χ1v) is 5.40. The van der Waals surface area contributed by atoms with Crippen molar-refractivity contribution in [2.24, 2.45) is 0 Å². The molecule has 5 nitrogen and oxygen atoms in total. The molecule has 0 bridgehead atoms. The summed E-state index contributed by atoms with van der Waals surface area (Å²) in [6.07, 6.45) is 0.